The second kappa shape index (κ2) is 6.58. The van der Waals surface area contributed by atoms with Crippen LogP contribution in [0.2, 0.25) is 0 Å². The summed E-state index contributed by atoms with van der Waals surface area (Å²) >= 11 is 0. The van der Waals surface area contributed by atoms with Gasteiger partial charge in [0.15, 0.2) is 0 Å². The lowest BCUT2D eigenvalue weighted by atomic mass is 10.1. The van der Waals surface area contributed by atoms with Gasteiger partial charge >= 0.3 is 0 Å². The molecule has 0 saturated heterocycles. The minimum atomic E-state index is -0.681. The molecule has 0 aromatic carbocycles. The summed E-state index contributed by atoms with van der Waals surface area (Å²) in [5, 5.41) is 10.0. The van der Waals surface area contributed by atoms with Crippen LogP contribution in [0.25, 0.3) is 0 Å². The maximum absolute atomic E-state index is 12.8. The lowest BCUT2D eigenvalue weighted by molar-refractivity contribution is 0.142. The van der Waals surface area contributed by atoms with Crippen molar-refractivity contribution in [2.24, 2.45) is 7.05 Å². The van der Waals surface area contributed by atoms with E-state index in [2.05, 4.69) is 14.9 Å². The van der Waals surface area contributed by atoms with E-state index in [9.17, 15) is 9.50 Å². The van der Waals surface area contributed by atoms with Crippen molar-refractivity contribution in [3.05, 3.63) is 48.1 Å². The Morgan fingerprint density at radius 3 is 2.80 bits per heavy atom. The van der Waals surface area contributed by atoms with Crippen LogP contribution in [-0.4, -0.2) is 38.1 Å². The smallest absolute Gasteiger partial charge is 0.141 e. The first kappa shape index (κ1) is 14.6. The van der Waals surface area contributed by atoms with Crippen LogP contribution >= 0.6 is 0 Å². The van der Waals surface area contributed by atoms with Gasteiger partial charge in [0, 0.05) is 26.0 Å². The van der Waals surface area contributed by atoms with Gasteiger partial charge in [0.2, 0.25) is 0 Å². The van der Waals surface area contributed by atoms with Gasteiger partial charge in [-0.15, -0.1) is 0 Å². The summed E-state index contributed by atoms with van der Waals surface area (Å²) in [6.07, 6.45) is 4.65. The Morgan fingerprint density at radius 1 is 1.40 bits per heavy atom. The Balaban J connectivity index is 1.82. The molecule has 2 aromatic rings. The highest BCUT2D eigenvalue weighted by atomic mass is 19.1. The van der Waals surface area contributed by atoms with Crippen LogP contribution < -0.4 is 0 Å². The summed E-state index contributed by atoms with van der Waals surface area (Å²) < 4.78 is 14.7. The first-order valence-corrected chi connectivity index (χ1v) is 6.50. The molecule has 0 spiro atoms. The van der Waals surface area contributed by atoms with Gasteiger partial charge in [-0.1, -0.05) is 0 Å². The average molecular weight is 278 g/mol. The Bertz CT molecular complexity index is 540. The topological polar surface area (TPSA) is 54.2 Å². The van der Waals surface area contributed by atoms with Crippen molar-refractivity contribution in [2.45, 2.75) is 19.1 Å². The molecule has 1 N–H and O–H groups in total. The van der Waals surface area contributed by atoms with Crippen molar-refractivity contribution in [3.8, 4) is 0 Å². The highest BCUT2D eigenvalue weighted by Gasteiger charge is 2.11. The van der Waals surface area contributed by atoms with Crippen molar-refractivity contribution < 1.29 is 9.50 Å². The van der Waals surface area contributed by atoms with E-state index in [4.69, 9.17) is 0 Å². The predicted octanol–water partition coefficient (Wildman–Crippen LogP) is 1.51. The Morgan fingerprint density at radius 2 is 2.20 bits per heavy atom. The quantitative estimate of drug-likeness (QED) is 0.870. The normalized spacial score (nSPS) is 12.8. The second-order valence-electron chi connectivity index (χ2n) is 4.90. The van der Waals surface area contributed by atoms with E-state index in [0.29, 0.717) is 25.2 Å². The summed E-state index contributed by atoms with van der Waals surface area (Å²) in [7, 11) is 3.92. The fourth-order valence-corrected chi connectivity index (χ4v) is 1.94. The van der Waals surface area contributed by atoms with Gasteiger partial charge in [0.05, 0.1) is 24.5 Å². The maximum Gasteiger partial charge on any atom is 0.141 e. The first-order valence-electron chi connectivity index (χ1n) is 6.50. The van der Waals surface area contributed by atoms with Crippen molar-refractivity contribution in [3.63, 3.8) is 0 Å². The third kappa shape index (κ3) is 3.85. The van der Waals surface area contributed by atoms with Gasteiger partial charge in [-0.25, -0.2) is 9.37 Å². The van der Waals surface area contributed by atoms with E-state index in [-0.39, 0.29) is 0 Å². The summed E-state index contributed by atoms with van der Waals surface area (Å²) in [4.78, 5) is 10.2. The van der Waals surface area contributed by atoms with E-state index in [1.807, 2.05) is 24.9 Å². The number of aliphatic hydroxyl groups is 1. The Hall–Kier alpha value is -1.79. The van der Waals surface area contributed by atoms with Crippen LogP contribution in [0.5, 0.6) is 0 Å². The minimum absolute atomic E-state index is 0.396. The average Bonchev–Trinajstić information content (AvgIpc) is 2.82. The van der Waals surface area contributed by atoms with Gasteiger partial charge in [0.1, 0.15) is 11.6 Å². The molecule has 0 aliphatic carbocycles. The molecule has 0 bridgehead atoms. The van der Waals surface area contributed by atoms with Crippen molar-refractivity contribution in [1.82, 2.24) is 19.4 Å². The largest absolute Gasteiger partial charge is 0.387 e. The molecule has 6 heteroatoms. The molecule has 0 radical (unpaired) electrons. The molecule has 1 atom stereocenters. The molecule has 0 fully saturated rings. The van der Waals surface area contributed by atoms with Crippen LogP contribution in [-0.2, 0) is 13.6 Å². The SMILES string of the molecule is CN(CCC(O)c1ccc(F)cn1)Cc1nccn1C. The number of aryl methyl sites for hydroxylation is 1. The van der Waals surface area contributed by atoms with Crippen molar-refractivity contribution >= 4 is 0 Å². The van der Waals surface area contributed by atoms with Crippen LogP contribution in [0.1, 0.15) is 24.0 Å². The number of rotatable bonds is 6. The molecule has 5 nitrogen and oxygen atoms in total. The maximum atomic E-state index is 12.8. The molecule has 20 heavy (non-hydrogen) atoms. The second-order valence-corrected chi connectivity index (χ2v) is 4.90. The monoisotopic (exact) mass is 278 g/mol. The Kier molecular flexibility index (Phi) is 4.81. The zero-order valence-electron chi connectivity index (χ0n) is 11.7. The highest BCUT2D eigenvalue weighted by Crippen LogP contribution is 2.15. The van der Waals surface area contributed by atoms with Gasteiger partial charge in [-0.05, 0) is 25.6 Å². The first-order chi connectivity index (χ1) is 9.56. The number of aliphatic hydroxyl groups excluding tert-OH is 1. The van der Waals surface area contributed by atoms with E-state index in [1.165, 1.54) is 12.1 Å². The molecule has 108 valence electrons. The van der Waals surface area contributed by atoms with Gasteiger partial charge < -0.3 is 9.67 Å². The van der Waals surface area contributed by atoms with Crippen molar-refractivity contribution in [2.75, 3.05) is 13.6 Å². The molecule has 1 unspecified atom stereocenters. The molecular weight excluding hydrogens is 259 g/mol. The van der Waals surface area contributed by atoms with E-state index >= 15 is 0 Å². The van der Waals surface area contributed by atoms with Gasteiger partial charge in [0.25, 0.3) is 0 Å². The van der Waals surface area contributed by atoms with Crippen LogP contribution in [0.15, 0.2) is 30.7 Å². The zero-order chi connectivity index (χ0) is 14.5. The number of nitrogens with zero attached hydrogens (tertiary/aromatic N) is 4. The molecule has 2 aromatic heterocycles. The third-order valence-electron chi connectivity index (χ3n) is 3.21. The van der Waals surface area contributed by atoms with E-state index < -0.39 is 11.9 Å². The zero-order valence-corrected chi connectivity index (χ0v) is 11.7. The number of pyridine rings is 1. The van der Waals surface area contributed by atoms with Crippen molar-refractivity contribution in [1.29, 1.82) is 0 Å². The number of hydrogen-bond donors (Lipinski definition) is 1. The van der Waals surface area contributed by atoms with Gasteiger partial charge in [-0.2, -0.15) is 0 Å². The number of imidazole rings is 1. The highest BCUT2D eigenvalue weighted by molar-refractivity contribution is 5.07. The predicted molar refractivity (Wildman–Crippen MR) is 73.3 cm³/mol. The molecule has 2 rings (SSSR count). The van der Waals surface area contributed by atoms with Crippen LogP contribution in [0.4, 0.5) is 4.39 Å². The third-order valence-corrected chi connectivity index (χ3v) is 3.21. The number of halogens is 1. The Labute approximate surface area is 117 Å². The fraction of sp³-hybridized carbons (Fsp3) is 0.429. The minimum Gasteiger partial charge on any atom is -0.387 e. The lowest BCUT2D eigenvalue weighted by Crippen LogP contribution is -2.22. The fourth-order valence-electron chi connectivity index (χ4n) is 1.94. The number of hydrogen-bond acceptors (Lipinski definition) is 4. The number of aromatic nitrogens is 3. The standard InChI is InChI=1S/C14H19FN4O/c1-18(10-14-16-6-8-19(14)2)7-5-13(20)12-4-3-11(15)9-17-12/h3-4,6,8-9,13,20H,5,7,10H2,1-2H3. The van der Waals surface area contributed by atoms with Crippen LogP contribution in [0.3, 0.4) is 0 Å². The van der Waals surface area contributed by atoms with E-state index in [0.717, 1.165) is 12.0 Å². The summed E-state index contributed by atoms with van der Waals surface area (Å²) in [5.74, 6) is 0.578. The summed E-state index contributed by atoms with van der Waals surface area (Å²) in [6.45, 7) is 1.42. The van der Waals surface area contributed by atoms with Crippen LogP contribution in [0, 0.1) is 5.82 Å². The molecule has 0 aliphatic heterocycles. The van der Waals surface area contributed by atoms with E-state index in [1.54, 1.807) is 6.20 Å². The van der Waals surface area contributed by atoms with Gasteiger partial charge in [-0.3, -0.25) is 9.88 Å². The molecule has 2 heterocycles. The molecule has 0 amide bonds. The molecular formula is C14H19FN4O. The molecule has 0 aliphatic rings. The summed E-state index contributed by atoms with van der Waals surface area (Å²) in [6, 6.07) is 2.82. The molecule has 0 saturated carbocycles. The summed E-state index contributed by atoms with van der Waals surface area (Å²) in [5.41, 5.74) is 0.497. The lowest BCUT2D eigenvalue weighted by Gasteiger charge is -2.18.